The highest BCUT2D eigenvalue weighted by Crippen LogP contribution is 2.17. The Morgan fingerprint density at radius 3 is 2.84 bits per heavy atom. The van der Waals surface area contributed by atoms with Gasteiger partial charge in [-0.3, -0.25) is 9.69 Å². The van der Waals surface area contributed by atoms with E-state index in [2.05, 4.69) is 24.1 Å². The van der Waals surface area contributed by atoms with Crippen LogP contribution in [0.3, 0.4) is 0 Å². The predicted molar refractivity (Wildman–Crippen MR) is 75.1 cm³/mol. The molecular formula is C14H27N3O2. The number of nitrogens with zero attached hydrogens (tertiary/aromatic N) is 2. The molecule has 0 bridgehead atoms. The van der Waals surface area contributed by atoms with E-state index in [1.807, 2.05) is 4.90 Å². The first-order chi connectivity index (χ1) is 9.24. The Morgan fingerprint density at radius 2 is 2.21 bits per heavy atom. The maximum Gasteiger partial charge on any atom is 0.224 e. The van der Waals surface area contributed by atoms with Crippen molar-refractivity contribution in [3.63, 3.8) is 0 Å². The van der Waals surface area contributed by atoms with Crippen molar-refractivity contribution >= 4 is 5.91 Å². The molecule has 2 saturated heterocycles. The molecule has 5 heteroatoms. The minimum absolute atomic E-state index is 0.203. The molecule has 2 fully saturated rings. The molecule has 0 saturated carbocycles. The Hall–Kier alpha value is -0.650. The number of hydrogen-bond acceptors (Lipinski definition) is 4. The molecule has 2 heterocycles. The van der Waals surface area contributed by atoms with Crippen LogP contribution in [0, 0.1) is 0 Å². The van der Waals surface area contributed by atoms with Crippen LogP contribution in [0.25, 0.3) is 0 Å². The summed E-state index contributed by atoms with van der Waals surface area (Å²) in [6.07, 6.45) is 1.69. The van der Waals surface area contributed by atoms with Crippen molar-refractivity contribution in [3.8, 4) is 0 Å². The summed E-state index contributed by atoms with van der Waals surface area (Å²) in [4.78, 5) is 16.8. The number of hydrogen-bond donors (Lipinski definition) is 1. The van der Waals surface area contributed by atoms with Gasteiger partial charge in [-0.2, -0.15) is 0 Å². The summed E-state index contributed by atoms with van der Waals surface area (Å²) in [5.41, 5.74) is 0. The number of carbonyl (C=O) groups excluding carboxylic acids is 1. The number of morpholine rings is 1. The Labute approximate surface area is 116 Å². The summed E-state index contributed by atoms with van der Waals surface area (Å²) >= 11 is 0. The van der Waals surface area contributed by atoms with Crippen molar-refractivity contribution in [3.05, 3.63) is 0 Å². The van der Waals surface area contributed by atoms with Crippen LogP contribution in [0.15, 0.2) is 0 Å². The predicted octanol–water partition coefficient (Wildman–Crippen LogP) is 0.308. The average Bonchev–Trinajstić information content (AvgIpc) is 2.91. The first-order valence-corrected chi connectivity index (χ1v) is 7.57. The maximum absolute atomic E-state index is 12.3. The van der Waals surface area contributed by atoms with Crippen molar-refractivity contribution in [2.24, 2.45) is 0 Å². The average molecular weight is 269 g/mol. The zero-order valence-corrected chi connectivity index (χ0v) is 12.2. The Balaban J connectivity index is 1.77. The molecule has 0 aliphatic carbocycles. The molecule has 2 unspecified atom stereocenters. The van der Waals surface area contributed by atoms with Gasteiger partial charge >= 0.3 is 0 Å². The maximum atomic E-state index is 12.3. The summed E-state index contributed by atoms with van der Waals surface area (Å²) < 4.78 is 5.40. The fraction of sp³-hybridized carbons (Fsp3) is 0.929. The number of amides is 1. The number of ether oxygens (including phenoxy) is 1. The quantitative estimate of drug-likeness (QED) is 0.780. The molecule has 0 aromatic rings. The highest BCUT2D eigenvalue weighted by Gasteiger charge is 2.30. The van der Waals surface area contributed by atoms with E-state index in [9.17, 15) is 4.79 Å². The summed E-state index contributed by atoms with van der Waals surface area (Å²) in [5.74, 6) is 0.276. The molecule has 110 valence electrons. The lowest BCUT2D eigenvalue weighted by atomic mass is 10.2. The number of likely N-dealkylation sites (tertiary alicyclic amines) is 1. The summed E-state index contributed by atoms with van der Waals surface area (Å²) in [5, 5.41) is 3.35. The largest absolute Gasteiger partial charge is 0.378 e. The van der Waals surface area contributed by atoms with Crippen LogP contribution in [-0.2, 0) is 9.53 Å². The van der Waals surface area contributed by atoms with Gasteiger partial charge in [0.15, 0.2) is 0 Å². The van der Waals surface area contributed by atoms with Crippen molar-refractivity contribution in [2.75, 3.05) is 45.9 Å². The van der Waals surface area contributed by atoms with E-state index in [1.165, 1.54) is 0 Å². The van der Waals surface area contributed by atoms with E-state index in [0.717, 1.165) is 45.8 Å². The number of nitrogens with one attached hydrogen (secondary N) is 1. The van der Waals surface area contributed by atoms with Gasteiger partial charge < -0.3 is 15.0 Å². The fourth-order valence-corrected chi connectivity index (χ4v) is 3.10. The third kappa shape index (κ3) is 3.91. The van der Waals surface area contributed by atoms with Crippen LogP contribution < -0.4 is 5.32 Å². The smallest absolute Gasteiger partial charge is 0.224 e. The molecule has 2 atom stereocenters. The normalized spacial score (nSPS) is 28.1. The van der Waals surface area contributed by atoms with Gasteiger partial charge in [-0.05, 0) is 19.5 Å². The van der Waals surface area contributed by atoms with Crippen LogP contribution in [0.5, 0.6) is 0 Å². The van der Waals surface area contributed by atoms with Crippen LogP contribution >= 0.6 is 0 Å². The van der Waals surface area contributed by atoms with Crippen LogP contribution in [0.4, 0.5) is 0 Å². The van der Waals surface area contributed by atoms with Gasteiger partial charge in [-0.15, -0.1) is 0 Å². The first kappa shape index (κ1) is 14.8. The highest BCUT2D eigenvalue weighted by atomic mass is 16.5. The van der Waals surface area contributed by atoms with E-state index in [4.69, 9.17) is 4.74 Å². The zero-order chi connectivity index (χ0) is 13.7. The standard InChI is InChI=1S/C14H27N3O2/c1-3-16(4-2)13-5-7-17(10-13)14(18)9-12-11-19-8-6-15-12/h12-13,15H,3-11H2,1-2H3. The van der Waals surface area contributed by atoms with Gasteiger partial charge in [0, 0.05) is 38.1 Å². The second-order valence-corrected chi connectivity index (χ2v) is 5.43. The molecule has 19 heavy (non-hydrogen) atoms. The van der Waals surface area contributed by atoms with Crippen molar-refractivity contribution in [2.45, 2.75) is 38.8 Å². The lowest BCUT2D eigenvalue weighted by molar-refractivity contribution is -0.131. The Kier molecular flexibility index (Phi) is 5.60. The molecule has 2 aliphatic heterocycles. The molecular weight excluding hydrogens is 242 g/mol. The lowest BCUT2D eigenvalue weighted by Crippen LogP contribution is -2.45. The minimum Gasteiger partial charge on any atom is -0.378 e. The second-order valence-electron chi connectivity index (χ2n) is 5.43. The number of carbonyl (C=O) groups is 1. The van der Waals surface area contributed by atoms with E-state index in [-0.39, 0.29) is 11.9 Å². The number of likely N-dealkylation sites (N-methyl/N-ethyl adjacent to an activating group) is 1. The van der Waals surface area contributed by atoms with E-state index in [1.54, 1.807) is 0 Å². The highest BCUT2D eigenvalue weighted by molar-refractivity contribution is 5.77. The van der Waals surface area contributed by atoms with Crippen LogP contribution in [-0.4, -0.2) is 73.7 Å². The van der Waals surface area contributed by atoms with Crippen molar-refractivity contribution < 1.29 is 9.53 Å². The molecule has 0 aromatic heterocycles. The number of rotatable bonds is 5. The van der Waals surface area contributed by atoms with E-state index < -0.39 is 0 Å². The molecule has 0 spiro atoms. The first-order valence-electron chi connectivity index (χ1n) is 7.57. The zero-order valence-electron chi connectivity index (χ0n) is 12.2. The SMILES string of the molecule is CCN(CC)C1CCN(C(=O)CC2COCCN2)C1. The summed E-state index contributed by atoms with van der Waals surface area (Å²) in [6.45, 7) is 10.6. The second kappa shape index (κ2) is 7.22. The molecule has 0 radical (unpaired) electrons. The Morgan fingerprint density at radius 1 is 1.42 bits per heavy atom. The van der Waals surface area contributed by atoms with Gasteiger partial charge in [-0.1, -0.05) is 13.8 Å². The van der Waals surface area contributed by atoms with Crippen LogP contribution in [0.2, 0.25) is 0 Å². The molecule has 5 nitrogen and oxygen atoms in total. The van der Waals surface area contributed by atoms with E-state index >= 15 is 0 Å². The van der Waals surface area contributed by atoms with Crippen LogP contribution in [0.1, 0.15) is 26.7 Å². The molecule has 2 aliphatic rings. The third-order valence-electron chi connectivity index (χ3n) is 4.26. The molecule has 1 N–H and O–H groups in total. The molecule has 0 aromatic carbocycles. The van der Waals surface area contributed by atoms with E-state index in [0.29, 0.717) is 19.1 Å². The third-order valence-corrected chi connectivity index (χ3v) is 4.26. The summed E-state index contributed by atoms with van der Waals surface area (Å²) in [7, 11) is 0. The monoisotopic (exact) mass is 269 g/mol. The van der Waals surface area contributed by atoms with Gasteiger partial charge in [0.1, 0.15) is 0 Å². The van der Waals surface area contributed by atoms with Gasteiger partial charge in [0.25, 0.3) is 0 Å². The molecule has 2 rings (SSSR count). The van der Waals surface area contributed by atoms with Gasteiger partial charge in [-0.25, -0.2) is 0 Å². The lowest BCUT2D eigenvalue weighted by Gasteiger charge is -2.27. The van der Waals surface area contributed by atoms with Crippen molar-refractivity contribution in [1.29, 1.82) is 0 Å². The minimum atomic E-state index is 0.203. The fourth-order valence-electron chi connectivity index (χ4n) is 3.10. The topological polar surface area (TPSA) is 44.8 Å². The van der Waals surface area contributed by atoms with Crippen molar-refractivity contribution in [1.82, 2.24) is 15.1 Å². The summed E-state index contributed by atoms with van der Waals surface area (Å²) in [6, 6.07) is 0.753. The van der Waals surface area contributed by atoms with Gasteiger partial charge in [0.2, 0.25) is 5.91 Å². The molecule has 1 amide bonds. The Bertz CT molecular complexity index is 288. The van der Waals surface area contributed by atoms with Gasteiger partial charge in [0.05, 0.1) is 13.2 Å².